The number of allylic oxidation sites excluding steroid dienone is 1. The van der Waals surface area contributed by atoms with Gasteiger partial charge in [-0.3, -0.25) is 4.90 Å². The molecule has 1 aromatic heterocycles. The molecule has 1 atom stereocenters. The van der Waals surface area contributed by atoms with Crippen molar-refractivity contribution in [2.75, 3.05) is 6.61 Å². The summed E-state index contributed by atoms with van der Waals surface area (Å²) < 4.78 is 11.8. The molecule has 0 N–H and O–H groups in total. The normalized spacial score (nSPS) is 20.8. The van der Waals surface area contributed by atoms with Gasteiger partial charge in [-0.05, 0) is 64.3 Å². The van der Waals surface area contributed by atoms with E-state index in [0.717, 1.165) is 26.1 Å². The second-order valence-electron chi connectivity index (χ2n) is 8.71. The number of carbonyl (C=O) groups excluding carboxylic acids is 1. The van der Waals surface area contributed by atoms with Gasteiger partial charge in [-0.1, -0.05) is 30.0 Å². The summed E-state index contributed by atoms with van der Waals surface area (Å²) in [5.41, 5.74) is 0.479. The summed E-state index contributed by atoms with van der Waals surface area (Å²) in [6.07, 6.45) is 1.71. The Morgan fingerprint density at radius 3 is 2.70 bits per heavy atom. The summed E-state index contributed by atoms with van der Waals surface area (Å²) >= 11 is 3.29. The maximum atomic E-state index is 13.1. The topological polar surface area (TPSA) is 51.1 Å². The summed E-state index contributed by atoms with van der Waals surface area (Å²) in [6.45, 7) is 9.84. The second kappa shape index (κ2) is 7.87. The number of fused-ring (bicyclic) bond motifs is 1. The van der Waals surface area contributed by atoms with Crippen LogP contribution in [0.1, 0.15) is 39.5 Å². The lowest BCUT2D eigenvalue weighted by Gasteiger charge is -2.35. The molecule has 1 amide bonds. The Kier molecular flexibility index (Phi) is 5.55. The molecule has 2 aliphatic rings. The molecule has 4 rings (SSSR count). The van der Waals surface area contributed by atoms with Gasteiger partial charge in [-0.25, -0.2) is 9.79 Å². The van der Waals surface area contributed by atoms with E-state index in [1.54, 1.807) is 28.0 Å². The predicted molar refractivity (Wildman–Crippen MR) is 123 cm³/mol. The zero-order valence-electron chi connectivity index (χ0n) is 17.8. The third-order valence-electron chi connectivity index (χ3n) is 4.79. The van der Waals surface area contributed by atoms with E-state index in [-0.39, 0.29) is 12.1 Å². The summed E-state index contributed by atoms with van der Waals surface area (Å²) in [5.74, 6) is 0. The molecule has 1 saturated heterocycles. The van der Waals surface area contributed by atoms with Crippen LogP contribution in [0.5, 0.6) is 0 Å². The zero-order valence-corrected chi connectivity index (χ0v) is 19.5. The Morgan fingerprint density at radius 2 is 2.00 bits per heavy atom. The van der Waals surface area contributed by atoms with Crippen LogP contribution in [0.25, 0.3) is 0 Å². The van der Waals surface area contributed by atoms with Crippen molar-refractivity contribution < 1.29 is 14.3 Å². The van der Waals surface area contributed by atoms with Crippen LogP contribution >= 0.6 is 23.1 Å². The Hall–Kier alpha value is -2.09. The number of benzene rings is 1. The number of rotatable bonds is 2. The van der Waals surface area contributed by atoms with Crippen LogP contribution in [0.3, 0.4) is 0 Å². The molecule has 0 aliphatic carbocycles. The Balaban J connectivity index is 1.76. The summed E-state index contributed by atoms with van der Waals surface area (Å²) in [5, 5.41) is 2.05. The lowest BCUT2D eigenvalue weighted by molar-refractivity contribution is -0.0611. The Morgan fingerprint density at radius 1 is 1.23 bits per heavy atom. The molecule has 158 valence electrons. The molecule has 30 heavy (non-hydrogen) atoms. The van der Waals surface area contributed by atoms with Crippen molar-refractivity contribution in [2.24, 2.45) is 4.99 Å². The zero-order chi connectivity index (χ0) is 21.5. The summed E-state index contributed by atoms with van der Waals surface area (Å²) in [6, 6.07) is 11.9. The third kappa shape index (κ3) is 4.33. The summed E-state index contributed by atoms with van der Waals surface area (Å²) in [4.78, 5) is 22.9. The highest BCUT2D eigenvalue weighted by molar-refractivity contribution is 8.03. The summed E-state index contributed by atoms with van der Waals surface area (Å²) in [7, 11) is 0. The molecule has 1 fully saturated rings. The first-order valence-electron chi connectivity index (χ1n) is 9.91. The molecule has 0 spiro atoms. The maximum absolute atomic E-state index is 13.1. The van der Waals surface area contributed by atoms with Gasteiger partial charge in [0.05, 0.1) is 28.9 Å². The highest BCUT2D eigenvalue weighted by Gasteiger charge is 2.47. The number of aliphatic imine (C=N–C) groups is 1. The number of thiophene rings is 1. The van der Waals surface area contributed by atoms with Crippen molar-refractivity contribution in [3.63, 3.8) is 0 Å². The van der Waals surface area contributed by atoms with E-state index in [1.165, 1.54) is 0 Å². The van der Waals surface area contributed by atoms with Gasteiger partial charge < -0.3 is 9.47 Å². The highest BCUT2D eigenvalue weighted by Crippen LogP contribution is 2.44. The number of nitrogens with zero attached hydrogens (tertiary/aromatic N) is 2. The molecule has 0 saturated carbocycles. The quantitative estimate of drug-likeness (QED) is 0.553. The van der Waals surface area contributed by atoms with Crippen molar-refractivity contribution in [3.05, 3.63) is 57.6 Å². The minimum Gasteiger partial charge on any atom is -0.444 e. The van der Waals surface area contributed by atoms with E-state index in [1.807, 2.05) is 64.3 Å². The van der Waals surface area contributed by atoms with Gasteiger partial charge in [-0.15, -0.1) is 11.3 Å². The van der Waals surface area contributed by atoms with Crippen LogP contribution in [0, 0.1) is 0 Å². The first-order valence-corrected chi connectivity index (χ1v) is 11.6. The number of thioether (sulfide) groups is 1. The average molecular weight is 443 g/mol. The molecule has 2 aliphatic heterocycles. The minimum atomic E-state index is -0.763. The molecule has 0 bridgehead atoms. The lowest BCUT2D eigenvalue weighted by Crippen LogP contribution is -2.50. The molecular weight excluding hydrogens is 416 g/mol. The monoisotopic (exact) mass is 442 g/mol. The third-order valence-corrected chi connectivity index (χ3v) is 6.87. The van der Waals surface area contributed by atoms with Crippen LogP contribution < -0.4 is 0 Å². The molecule has 2 aromatic rings. The molecule has 0 unspecified atom stereocenters. The molecule has 1 aromatic carbocycles. The van der Waals surface area contributed by atoms with E-state index >= 15 is 0 Å². The van der Waals surface area contributed by atoms with Crippen LogP contribution in [0.15, 0.2) is 62.6 Å². The number of hydrogen-bond donors (Lipinski definition) is 0. The number of para-hydroxylation sites is 1. The molecule has 5 nitrogen and oxygen atoms in total. The van der Waals surface area contributed by atoms with Crippen molar-refractivity contribution in [1.29, 1.82) is 0 Å². The molecule has 0 radical (unpaired) electrons. The van der Waals surface area contributed by atoms with Gasteiger partial charge in [0.2, 0.25) is 0 Å². The van der Waals surface area contributed by atoms with E-state index in [4.69, 9.17) is 14.5 Å². The van der Waals surface area contributed by atoms with Crippen LogP contribution in [0.4, 0.5) is 10.5 Å². The molecular formula is C23H26N2O3S2. The highest BCUT2D eigenvalue weighted by atomic mass is 32.2. The van der Waals surface area contributed by atoms with Gasteiger partial charge in [0.1, 0.15) is 11.3 Å². The molecule has 7 heteroatoms. The van der Waals surface area contributed by atoms with Gasteiger partial charge in [0.25, 0.3) is 0 Å². The second-order valence-corrected chi connectivity index (χ2v) is 10.8. The largest absolute Gasteiger partial charge is 0.444 e. The van der Waals surface area contributed by atoms with Crippen molar-refractivity contribution in [1.82, 2.24) is 4.90 Å². The van der Waals surface area contributed by atoms with E-state index in [9.17, 15) is 4.79 Å². The van der Waals surface area contributed by atoms with Crippen molar-refractivity contribution >= 4 is 40.6 Å². The van der Waals surface area contributed by atoms with Crippen LogP contribution in [-0.2, 0) is 9.47 Å². The van der Waals surface area contributed by atoms with E-state index in [2.05, 4.69) is 18.2 Å². The van der Waals surface area contributed by atoms with Crippen molar-refractivity contribution in [3.8, 4) is 0 Å². The van der Waals surface area contributed by atoms with Gasteiger partial charge in [0, 0.05) is 9.80 Å². The number of hydrogen-bond acceptors (Lipinski definition) is 6. The van der Waals surface area contributed by atoms with Crippen LogP contribution in [0.2, 0.25) is 0 Å². The Labute approximate surface area is 185 Å². The maximum Gasteiger partial charge on any atom is 0.413 e. The minimum absolute atomic E-state index is 0.254. The van der Waals surface area contributed by atoms with Crippen LogP contribution in [-0.4, -0.2) is 40.7 Å². The fourth-order valence-electron chi connectivity index (χ4n) is 3.47. The van der Waals surface area contributed by atoms with E-state index in [0.29, 0.717) is 6.61 Å². The first-order chi connectivity index (χ1) is 14.1. The predicted octanol–water partition coefficient (Wildman–Crippen LogP) is 6.23. The van der Waals surface area contributed by atoms with Gasteiger partial charge in [0.15, 0.2) is 0 Å². The van der Waals surface area contributed by atoms with Crippen molar-refractivity contribution in [2.45, 2.75) is 56.9 Å². The standard InChI is InChI=1S/C23H26N2O3S2/c1-22(2,3)28-21(26)25-17(14-27-23(25,4)5)20-13-16(18-11-8-12-29-18)24-15-9-6-7-10-19(15)30-20/h6-13,17H,14H2,1-5H3/t17-/m0/s1. The van der Waals surface area contributed by atoms with Gasteiger partial charge in [-0.2, -0.15) is 0 Å². The molecule has 3 heterocycles. The van der Waals surface area contributed by atoms with E-state index < -0.39 is 11.3 Å². The SMILES string of the molecule is CC(C)(C)OC(=O)N1[C@H](C2=CC(c3cccs3)=Nc3ccccc3S2)COC1(C)C. The lowest BCUT2D eigenvalue weighted by atomic mass is 10.1. The smallest absolute Gasteiger partial charge is 0.413 e. The van der Waals surface area contributed by atoms with Gasteiger partial charge >= 0.3 is 6.09 Å². The average Bonchev–Trinajstić information content (AvgIpc) is 3.23. The number of ether oxygens (including phenoxy) is 2. The fourth-order valence-corrected chi connectivity index (χ4v) is 5.26. The number of amides is 1. The first kappa shape index (κ1) is 21.2. The number of carbonyl (C=O) groups is 1. The fraction of sp³-hybridized carbons (Fsp3) is 0.391. The Bertz CT molecular complexity index is 1000.